The monoisotopic (exact) mass is 281 g/mol. The summed E-state index contributed by atoms with van der Waals surface area (Å²) in [6.45, 7) is 4.85. The Bertz CT molecular complexity index is 606. The van der Waals surface area contributed by atoms with Crippen LogP contribution >= 0.6 is 0 Å². The maximum Gasteiger partial charge on any atom is 0.125 e. The molecule has 1 saturated carbocycles. The molecule has 1 aliphatic carbocycles. The van der Waals surface area contributed by atoms with Gasteiger partial charge in [-0.05, 0) is 55.4 Å². The maximum absolute atomic E-state index is 6.22. The van der Waals surface area contributed by atoms with Crippen LogP contribution in [0.1, 0.15) is 35.1 Å². The third-order valence-electron chi connectivity index (χ3n) is 4.19. The zero-order chi connectivity index (χ0) is 14.9. The van der Waals surface area contributed by atoms with Crippen LogP contribution in [0.2, 0.25) is 0 Å². The zero-order valence-electron chi connectivity index (χ0n) is 12.9. The summed E-state index contributed by atoms with van der Waals surface area (Å²) >= 11 is 0. The summed E-state index contributed by atoms with van der Waals surface area (Å²) in [4.78, 5) is 0. The van der Waals surface area contributed by atoms with Crippen molar-refractivity contribution in [1.29, 1.82) is 0 Å². The Morgan fingerprint density at radius 3 is 2.19 bits per heavy atom. The Morgan fingerprint density at radius 1 is 1.00 bits per heavy atom. The number of aryl methyl sites for hydroxylation is 2. The fourth-order valence-electron chi connectivity index (χ4n) is 2.84. The molecule has 0 spiro atoms. The van der Waals surface area contributed by atoms with E-state index in [1.165, 1.54) is 22.3 Å². The molecular weight excluding hydrogens is 258 g/mol. The molecule has 2 nitrogen and oxygen atoms in total. The van der Waals surface area contributed by atoms with Crippen LogP contribution in [0.4, 0.5) is 0 Å². The van der Waals surface area contributed by atoms with Crippen LogP contribution in [0.3, 0.4) is 0 Å². The molecule has 0 saturated heterocycles. The molecule has 0 amide bonds. The SMILES string of the molecule is Cc1cc(CC2(N)CC2)cc(C)c1OCc1ccccc1. The van der Waals surface area contributed by atoms with E-state index >= 15 is 0 Å². The Kier molecular flexibility index (Phi) is 3.73. The predicted octanol–water partition coefficient (Wildman–Crippen LogP) is 3.92. The van der Waals surface area contributed by atoms with Crippen LogP contribution in [0.25, 0.3) is 0 Å². The summed E-state index contributed by atoms with van der Waals surface area (Å²) in [5.41, 5.74) is 11.2. The summed E-state index contributed by atoms with van der Waals surface area (Å²) in [6.07, 6.45) is 3.28. The van der Waals surface area contributed by atoms with Gasteiger partial charge in [0.15, 0.2) is 0 Å². The molecule has 3 rings (SSSR count). The Hall–Kier alpha value is -1.80. The number of rotatable bonds is 5. The molecule has 1 aliphatic rings. The van der Waals surface area contributed by atoms with Gasteiger partial charge in [-0.25, -0.2) is 0 Å². The molecule has 2 N–H and O–H groups in total. The topological polar surface area (TPSA) is 35.2 Å². The number of nitrogens with two attached hydrogens (primary N) is 1. The van der Waals surface area contributed by atoms with Gasteiger partial charge in [0.25, 0.3) is 0 Å². The van der Waals surface area contributed by atoms with E-state index in [4.69, 9.17) is 10.5 Å². The molecule has 2 aromatic rings. The standard InChI is InChI=1S/C19H23NO/c1-14-10-17(12-19(20)8-9-19)11-15(2)18(14)21-13-16-6-4-3-5-7-16/h3-7,10-11H,8-9,12-13,20H2,1-2H3. The van der Waals surface area contributed by atoms with Gasteiger partial charge < -0.3 is 10.5 Å². The Morgan fingerprint density at radius 2 is 1.62 bits per heavy atom. The van der Waals surface area contributed by atoms with Crippen LogP contribution in [0.15, 0.2) is 42.5 Å². The summed E-state index contributed by atoms with van der Waals surface area (Å²) < 4.78 is 6.02. The van der Waals surface area contributed by atoms with Gasteiger partial charge in [-0.1, -0.05) is 42.5 Å². The minimum atomic E-state index is 0.0608. The van der Waals surface area contributed by atoms with Crippen molar-refractivity contribution in [2.75, 3.05) is 0 Å². The van der Waals surface area contributed by atoms with Crippen molar-refractivity contribution in [3.63, 3.8) is 0 Å². The third kappa shape index (κ3) is 3.45. The highest BCUT2D eigenvalue weighted by molar-refractivity contribution is 5.44. The number of ether oxygens (including phenoxy) is 1. The summed E-state index contributed by atoms with van der Waals surface area (Å²) in [5, 5.41) is 0. The van der Waals surface area contributed by atoms with Crippen molar-refractivity contribution in [3.05, 3.63) is 64.7 Å². The fourth-order valence-corrected chi connectivity index (χ4v) is 2.84. The first-order valence-corrected chi connectivity index (χ1v) is 7.61. The highest BCUT2D eigenvalue weighted by Crippen LogP contribution is 2.37. The summed E-state index contributed by atoms with van der Waals surface area (Å²) in [6, 6.07) is 14.7. The second kappa shape index (κ2) is 5.53. The van der Waals surface area contributed by atoms with Gasteiger partial charge >= 0.3 is 0 Å². The van der Waals surface area contributed by atoms with Gasteiger partial charge in [-0.3, -0.25) is 0 Å². The molecule has 21 heavy (non-hydrogen) atoms. The van der Waals surface area contributed by atoms with Gasteiger partial charge in [-0.15, -0.1) is 0 Å². The van der Waals surface area contributed by atoms with Crippen molar-refractivity contribution in [1.82, 2.24) is 0 Å². The maximum atomic E-state index is 6.22. The van der Waals surface area contributed by atoms with E-state index in [0.29, 0.717) is 6.61 Å². The van der Waals surface area contributed by atoms with E-state index in [-0.39, 0.29) is 5.54 Å². The zero-order valence-corrected chi connectivity index (χ0v) is 12.9. The highest BCUT2D eigenvalue weighted by Gasteiger charge is 2.38. The lowest BCUT2D eigenvalue weighted by atomic mass is 9.99. The van der Waals surface area contributed by atoms with E-state index in [9.17, 15) is 0 Å². The van der Waals surface area contributed by atoms with Crippen LogP contribution in [0.5, 0.6) is 5.75 Å². The first-order chi connectivity index (χ1) is 10.1. The normalized spacial score (nSPS) is 15.8. The van der Waals surface area contributed by atoms with Crippen LogP contribution in [-0.4, -0.2) is 5.54 Å². The van der Waals surface area contributed by atoms with Crippen LogP contribution < -0.4 is 10.5 Å². The smallest absolute Gasteiger partial charge is 0.125 e. The van der Waals surface area contributed by atoms with Gasteiger partial charge in [0.1, 0.15) is 12.4 Å². The molecule has 0 aromatic heterocycles. The quantitative estimate of drug-likeness (QED) is 0.901. The molecule has 2 aromatic carbocycles. The van der Waals surface area contributed by atoms with E-state index in [1.54, 1.807) is 0 Å². The van der Waals surface area contributed by atoms with Gasteiger partial charge in [0.05, 0.1) is 0 Å². The van der Waals surface area contributed by atoms with Gasteiger partial charge in [0, 0.05) is 5.54 Å². The number of hydrogen-bond donors (Lipinski definition) is 1. The first-order valence-electron chi connectivity index (χ1n) is 7.61. The molecule has 1 fully saturated rings. The second-order valence-corrected chi connectivity index (χ2v) is 6.37. The van der Waals surface area contributed by atoms with Crippen molar-refractivity contribution in [2.24, 2.45) is 5.73 Å². The van der Waals surface area contributed by atoms with Gasteiger partial charge in [-0.2, -0.15) is 0 Å². The molecule has 0 bridgehead atoms. The minimum absolute atomic E-state index is 0.0608. The summed E-state index contributed by atoms with van der Waals surface area (Å²) in [7, 11) is 0. The molecule has 0 aliphatic heterocycles. The van der Waals surface area contributed by atoms with Crippen molar-refractivity contribution in [2.45, 2.75) is 45.3 Å². The van der Waals surface area contributed by atoms with E-state index in [0.717, 1.165) is 25.0 Å². The van der Waals surface area contributed by atoms with Gasteiger partial charge in [0.2, 0.25) is 0 Å². The van der Waals surface area contributed by atoms with Crippen molar-refractivity contribution < 1.29 is 4.74 Å². The average Bonchev–Trinajstić information content (AvgIpc) is 3.16. The fraction of sp³-hybridized carbons (Fsp3) is 0.368. The van der Waals surface area contributed by atoms with E-state index in [1.807, 2.05) is 18.2 Å². The van der Waals surface area contributed by atoms with E-state index in [2.05, 4.69) is 38.1 Å². The van der Waals surface area contributed by atoms with Crippen LogP contribution in [0, 0.1) is 13.8 Å². The molecule has 0 heterocycles. The van der Waals surface area contributed by atoms with Crippen LogP contribution in [-0.2, 0) is 13.0 Å². The lowest BCUT2D eigenvalue weighted by Gasteiger charge is -2.16. The first kappa shape index (κ1) is 14.2. The summed E-state index contributed by atoms with van der Waals surface area (Å²) in [5.74, 6) is 1.00. The Balaban J connectivity index is 1.73. The predicted molar refractivity (Wildman–Crippen MR) is 86.5 cm³/mol. The third-order valence-corrected chi connectivity index (χ3v) is 4.19. The second-order valence-electron chi connectivity index (χ2n) is 6.37. The van der Waals surface area contributed by atoms with Crippen molar-refractivity contribution >= 4 is 0 Å². The minimum Gasteiger partial charge on any atom is -0.488 e. The molecule has 0 radical (unpaired) electrons. The lowest BCUT2D eigenvalue weighted by Crippen LogP contribution is -2.24. The van der Waals surface area contributed by atoms with E-state index < -0.39 is 0 Å². The molecule has 0 unspecified atom stereocenters. The number of benzene rings is 2. The lowest BCUT2D eigenvalue weighted by molar-refractivity contribution is 0.302. The Labute approximate surface area is 126 Å². The average molecular weight is 281 g/mol. The molecular formula is C19H23NO. The molecule has 2 heteroatoms. The number of hydrogen-bond acceptors (Lipinski definition) is 2. The largest absolute Gasteiger partial charge is 0.488 e. The van der Waals surface area contributed by atoms with Crippen molar-refractivity contribution in [3.8, 4) is 5.75 Å². The molecule has 110 valence electrons. The highest BCUT2D eigenvalue weighted by atomic mass is 16.5. The molecule has 0 atom stereocenters.